The molecule has 0 amide bonds. The van der Waals surface area contributed by atoms with E-state index < -0.39 is 0 Å². The average molecular weight is 242 g/mol. The van der Waals surface area contributed by atoms with E-state index in [1.807, 2.05) is 18.2 Å². The molecule has 0 spiro atoms. The van der Waals surface area contributed by atoms with Crippen molar-refractivity contribution in [2.45, 2.75) is 19.8 Å². The summed E-state index contributed by atoms with van der Waals surface area (Å²) in [4.78, 5) is 0. The predicted octanol–water partition coefficient (Wildman–Crippen LogP) is 3.18. The normalized spacial score (nSPS) is 10.5. The van der Waals surface area contributed by atoms with Crippen molar-refractivity contribution in [2.24, 2.45) is 0 Å². The number of aromatic hydroxyl groups is 1. The Balaban J connectivity index is 2.51. The van der Waals surface area contributed by atoms with Crippen molar-refractivity contribution in [3.63, 3.8) is 0 Å². The molecular weight excluding hydrogens is 224 g/mol. The molecule has 18 heavy (non-hydrogen) atoms. The standard InChI is InChI=1S/C15H18N2O/c1-2-3-10-8-13(15(17)14(16)9-10)11-4-6-12(18)7-5-11/h4-9,18H,2-3,16-17H2,1H3. The Bertz CT molecular complexity index is 547. The molecule has 0 aliphatic rings. The molecule has 0 heterocycles. The summed E-state index contributed by atoms with van der Waals surface area (Å²) >= 11 is 0. The number of hydrogen-bond acceptors (Lipinski definition) is 3. The SMILES string of the molecule is CCCc1cc(N)c(N)c(-c2ccc(O)cc2)c1. The molecule has 0 bridgehead atoms. The first-order valence-corrected chi connectivity index (χ1v) is 6.09. The van der Waals surface area contributed by atoms with E-state index in [1.165, 1.54) is 5.56 Å². The molecule has 94 valence electrons. The summed E-state index contributed by atoms with van der Waals surface area (Å²) in [6.45, 7) is 2.13. The van der Waals surface area contributed by atoms with Crippen LogP contribution < -0.4 is 11.5 Å². The minimum Gasteiger partial charge on any atom is -0.508 e. The van der Waals surface area contributed by atoms with Crippen LogP contribution in [0.1, 0.15) is 18.9 Å². The molecule has 0 aliphatic carbocycles. The van der Waals surface area contributed by atoms with Gasteiger partial charge in [-0.15, -0.1) is 0 Å². The molecule has 0 aromatic heterocycles. The van der Waals surface area contributed by atoms with Crippen molar-refractivity contribution in [1.82, 2.24) is 0 Å². The first-order chi connectivity index (χ1) is 8.61. The second-order valence-corrected chi connectivity index (χ2v) is 4.44. The van der Waals surface area contributed by atoms with Gasteiger partial charge in [-0.3, -0.25) is 0 Å². The van der Waals surface area contributed by atoms with Gasteiger partial charge in [-0.2, -0.15) is 0 Å². The van der Waals surface area contributed by atoms with Crippen LogP contribution in [0.2, 0.25) is 0 Å². The summed E-state index contributed by atoms with van der Waals surface area (Å²) in [5, 5.41) is 9.31. The van der Waals surface area contributed by atoms with Gasteiger partial charge in [-0.1, -0.05) is 25.5 Å². The van der Waals surface area contributed by atoms with E-state index in [0.717, 1.165) is 24.0 Å². The van der Waals surface area contributed by atoms with Crippen molar-refractivity contribution in [1.29, 1.82) is 0 Å². The smallest absolute Gasteiger partial charge is 0.115 e. The first-order valence-electron chi connectivity index (χ1n) is 6.09. The number of nitrogen functional groups attached to an aromatic ring is 2. The lowest BCUT2D eigenvalue weighted by molar-refractivity contribution is 0.475. The zero-order valence-electron chi connectivity index (χ0n) is 10.5. The van der Waals surface area contributed by atoms with Crippen molar-refractivity contribution in [3.8, 4) is 16.9 Å². The van der Waals surface area contributed by atoms with E-state index in [1.54, 1.807) is 12.1 Å². The van der Waals surface area contributed by atoms with Crippen LogP contribution in [-0.4, -0.2) is 5.11 Å². The maximum atomic E-state index is 9.31. The van der Waals surface area contributed by atoms with Gasteiger partial charge >= 0.3 is 0 Å². The fourth-order valence-corrected chi connectivity index (χ4v) is 2.05. The van der Waals surface area contributed by atoms with Gasteiger partial charge in [-0.25, -0.2) is 0 Å². The lowest BCUT2D eigenvalue weighted by Crippen LogP contribution is -1.99. The van der Waals surface area contributed by atoms with Crippen LogP contribution in [0.3, 0.4) is 0 Å². The first kappa shape index (κ1) is 12.3. The van der Waals surface area contributed by atoms with Gasteiger partial charge in [0.15, 0.2) is 0 Å². The van der Waals surface area contributed by atoms with E-state index >= 15 is 0 Å². The van der Waals surface area contributed by atoms with Crippen molar-refractivity contribution >= 4 is 11.4 Å². The summed E-state index contributed by atoms with van der Waals surface area (Å²) in [6, 6.07) is 11.0. The molecule has 2 rings (SSSR count). The van der Waals surface area contributed by atoms with Crippen LogP contribution in [0.25, 0.3) is 11.1 Å². The van der Waals surface area contributed by atoms with Gasteiger partial charge in [0.25, 0.3) is 0 Å². The van der Waals surface area contributed by atoms with Gasteiger partial charge in [0.1, 0.15) is 5.75 Å². The third-order valence-corrected chi connectivity index (χ3v) is 2.99. The van der Waals surface area contributed by atoms with E-state index in [0.29, 0.717) is 11.4 Å². The molecular formula is C15H18N2O. The third-order valence-electron chi connectivity index (χ3n) is 2.99. The molecule has 0 saturated carbocycles. The number of benzene rings is 2. The van der Waals surface area contributed by atoms with Gasteiger partial charge in [0.05, 0.1) is 11.4 Å². The maximum Gasteiger partial charge on any atom is 0.115 e. The molecule has 0 saturated heterocycles. The highest BCUT2D eigenvalue weighted by molar-refractivity contribution is 5.85. The van der Waals surface area contributed by atoms with Crippen LogP contribution in [0, 0.1) is 0 Å². The van der Waals surface area contributed by atoms with E-state index in [9.17, 15) is 5.11 Å². The van der Waals surface area contributed by atoms with Crippen LogP contribution >= 0.6 is 0 Å². The highest BCUT2D eigenvalue weighted by atomic mass is 16.3. The predicted molar refractivity (Wildman–Crippen MR) is 76.4 cm³/mol. The quantitative estimate of drug-likeness (QED) is 0.724. The van der Waals surface area contributed by atoms with Crippen molar-refractivity contribution in [3.05, 3.63) is 42.0 Å². The molecule has 0 radical (unpaired) electrons. The summed E-state index contributed by atoms with van der Waals surface area (Å²) < 4.78 is 0. The lowest BCUT2D eigenvalue weighted by Gasteiger charge is -2.11. The molecule has 2 aromatic rings. The van der Waals surface area contributed by atoms with Gasteiger partial charge in [0.2, 0.25) is 0 Å². The maximum absolute atomic E-state index is 9.31. The summed E-state index contributed by atoms with van der Waals surface area (Å²) in [5.74, 6) is 0.245. The number of nitrogens with two attached hydrogens (primary N) is 2. The fraction of sp³-hybridized carbons (Fsp3) is 0.200. The Hall–Kier alpha value is -2.16. The van der Waals surface area contributed by atoms with Gasteiger partial charge < -0.3 is 16.6 Å². The molecule has 0 unspecified atom stereocenters. The molecule has 3 heteroatoms. The van der Waals surface area contributed by atoms with Crippen LogP contribution in [-0.2, 0) is 6.42 Å². The Kier molecular flexibility index (Phi) is 3.42. The third kappa shape index (κ3) is 2.40. The summed E-state index contributed by atoms with van der Waals surface area (Å²) in [6.07, 6.45) is 2.05. The molecule has 0 atom stereocenters. The lowest BCUT2D eigenvalue weighted by atomic mass is 9.98. The van der Waals surface area contributed by atoms with Crippen molar-refractivity contribution in [2.75, 3.05) is 11.5 Å². The van der Waals surface area contributed by atoms with Gasteiger partial charge in [-0.05, 0) is 41.8 Å². The number of hydrogen-bond donors (Lipinski definition) is 3. The van der Waals surface area contributed by atoms with E-state index in [-0.39, 0.29) is 5.75 Å². The minimum absolute atomic E-state index is 0.245. The Morgan fingerprint density at radius 2 is 1.72 bits per heavy atom. The highest BCUT2D eigenvalue weighted by Gasteiger charge is 2.08. The summed E-state index contributed by atoms with van der Waals surface area (Å²) in [7, 11) is 0. The zero-order valence-corrected chi connectivity index (χ0v) is 10.5. The fourth-order valence-electron chi connectivity index (χ4n) is 2.05. The minimum atomic E-state index is 0.245. The average Bonchev–Trinajstić information content (AvgIpc) is 2.35. The Morgan fingerprint density at radius 3 is 2.33 bits per heavy atom. The van der Waals surface area contributed by atoms with E-state index in [4.69, 9.17) is 11.5 Å². The zero-order chi connectivity index (χ0) is 13.1. The van der Waals surface area contributed by atoms with E-state index in [2.05, 4.69) is 13.0 Å². The van der Waals surface area contributed by atoms with Crippen LogP contribution in [0.4, 0.5) is 11.4 Å². The van der Waals surface area contributed by atoms with Crippen LogP contribution in [0.5, 0.6) is 5.75 Å². The van der Waals surface area contributed by atoms with Crippen molar-refractivity contribution < 1.29 is 5.11 Å². The second-order valence-electron chi connectivity index (χ2n) is 4.44. The molecule has 2 aromatic carbocycles. The Labute approximate surface area is 107 Å². The second kappa shape index (κ2) is 5.00. The highest BCUT2D eigenvalue weighted by Crippen LogP contribution is 2.32. The number of aryl methyl sites for hydroxylation is 1. The number of phenolic OH excluding ortho intramolecular Hbond substituents is 1. The van der Waals surface area contributed by atoms with Crippen LogP contribution in [0.15, 0.2) is 36.4 Å². The number of anilines is 2. The molecule has 0 fully saturated rings. The molecule has 5 N–H and O–H groups in total. The topological polar surface area (TPSA) is 72.3 Å². The molecule has 0 aliphatic heterocycles. The van der Waals surface area contributed by atoms with Gasteiger partial charge in [0, 0.05) is 5.56 Å². The Morgan fingerprint density at radius 1 is 1.06 bits per heavy atom. The number of phenols is 1. The largest absolute Gasteiger partial charge is 0.508 e. The summed E-state index contributed by atoms with van der Waals surface area (Å²) in [5.41, 5.74) is 16.3. The molecule has 3 nitrogen and oxygen atoms in total. The number of rotatable bonds is 3. The monoisotopic (exact) mass is 242 g/mol.